The third kappa shape index (κ3) is 9.84. The topological polar surface area (TPSA) is 133 Å². The van der Waals surface area contributed by atoms with Crippen molar-refractivity contribution in [1.29, 1.82) is 0 Å². The lowest BCUT2D eigenvalue weighted by molar-refractivity contribution is -0.721. The first kappa shape index (κ1) is 45.7. The van der Waals surface area contributed by atoms with E-state index in [-0.39, 0.29) is 31.5 Å². The van der Waals surface area contributed by atoms with E-state index in [0.29, 0.717) is 39.1 Å². The van der Waals surface area contributed by atoms with Gasteiger partial charge in [-0.25, -0.2) is 23.4 Å². The van der Waals surface area contributed by atoms with Crippen molar-refractivity contribution in [2.24, 2.45) is 0 Å². The number of hydrogen-bond donors (Lipinski definition) is 1. The summed E-state index contributed by atoms with van der Waals surface area (Å²) in [5.74, 6) is -0.557. The van der Waals surface area contributed by atoms with Crippen molar-refractivity contribution in [1.82, 2.24) is 24.5 Å². The van der Waals surface area contributed by atoms with Crippen LogP contribution in [0.4, 0.5) is 11.4 Å². The zero-order chi connectivity index (χ0) is 46.7. The van der Waals surface area contributed by atoms with Crippen molar-refractivity contribution < 1.29 is 28.3 Å². The summed E-state index contributed by atoms with van der Waals surface area (Å²) in [5.41, 5.74) is 5.53. The largest absolute Gasteiger partial charge is 0.490 e. The van der Waals surface area contributed by atoms with Crippen molar-refractivity contribution in [2.75, 3.05) is 49.2 Å². The summed E-state index contributed by atoms with van der Waals surface area (Å²) in [6.07, 6.45) is 6.21. The number of nitrogens with one attached hydrogen (secondary N) is 1. The van der Waals surface area contributed by atoms with E-state index >= 15 is 0 Å². The predicted octanol–water partition coefficient (Wildman–Crippen LogP) is 8.45. The molecule has 5 aromatic carbocycles. The molecule has 9 rings (SSSR count). The molecule has 0 spiro atoms. The first-order valence-electron chi connectivity index (χ1n) is 22.5. The third-order valence-electron chi connectivity index (χ3n) is 12.6. The molecule has 2 saturated heterocycles. The van der Waals surface area contributed by atoms with Gasteiger partial charge in [0.15, 0.2) is 0 Å². The van der Waals surface area contributed by atoms with Gasteiger partial charge in [0.25, 0.3) is 6.33 Å². The average Bonchev–Trinajstić information content (AvgIpc) is 4.09. The van der Waals surface area contributed by atoms with Gasteiger partial charge in [-0.2, -0.15) is 5.10 Å². The molecule has 0 aliphatic carbocycles. The first-order valence-corrected chi connectivity index (χ1v) is 23.2. The number of carbonyl (C=O) groups excluding carboxylic acids is 1. The summed E-state index contributed by atoms with van der Waals surface area (Å²) >= 11 is 13.3. The van der Waals surface area contributed by atoms with Crippen LogP contribution in [0.25, 0.3) is 5.69 Å². The minimum atomic E-state index is -1.33. The van der Waals surface area contributed by atoms with Crippen molar-refractivity contribution in [2.45, 2.75) is 64.5 Å². The molecule has 0 bridgehead atoms. The van der Waals surface area contributed by atoms with Gasteiger partial charge in [-0.1, -0.05) is 66.5 Å². The zero-order valence-corrected chi connectivity index (χ0v) is 39.4. The smallest absolute Gasteiger partial charge is 0.350 e. The van der Waals surface area contributed by atoms with E-state index in [1.54, 1.807) is 47.8 Å². The number of piperazine rings is 1. The van der Waals surface area contributed by atoms with E-state index in [9.17, 15) is 9.59 Å². The molecule has 2 fully saturated rings. The maximum atomic E-state index is 13.1. The Labute approximate surface area is 399 Å². The molecule has 14 nitrogen and oxygen atoms in total. The Morgan fingerprint density at radius 2 is 1.54 bits per heavy atom. The molecule has 2 aromatic heterocycles. The number of esters is 1. The van der Waals surface area contributed by atoms with Crippen molar-refractivity contribution >= 4 is 40.5 Å². The summed E-state index contributed by atoms with van der Waals surface area (Å²) < 4.78 is 31.6. The highest BCUT2D eigenvalue weighted by Gasteiger charge is 2.54. The molecule has 16 heteroatoms. The maximum absolute atomic E-state index is 13.1. The molecule has 0 radical (unpaired) electrons. The Morgan fingerprint density at radius 3 is 2.16 bits per heavy atom. The summed E-state index contributed by atoms with van der Waals surface area (Å²) in [4.78, 5) is 30.8. The Kier molecular flexibility index (Phi) is 13.2. The van der Waals surface area contributed by atoms with E-state index < -0.39 is 17.4 Å². The van der Waals surface area contributed by atoms with Crippen LogP contribution in [0, 0.1) is 13.8 Å². The van der Waals surface area contributed by atoms with Crippen LogP contribution in [-0.4, -0.2) is 75.5 Å². The number of H-pyrrole nitrogens is 1. The molecule has 1 N–H and O–H groups in total. The lowest BCUT2D eigenvalue weighted by Crippen LogP contribution is -2.49. The number of benzene rings is 5. The Morgan fingerprint density at radius 1 is 0.881 bits per heavy atom. The van der Waals surface area contributed by atoms with E-state index in [2.05, 4.69) is 49.4 Å². The van der Waals surface area contributed by atoms with Gasteiger partial charge in [0.1, 0.15) is 36.6 Å². The van der Waals surface area contributed by atoms with E-state index in [4.69, 9.17) is 42.1 Å². The molecule has 2 aliphatic heterocycles. The molecule has 67 heavy (non-hydrogen) atoms. The quantitative estimate of drug-likeness (QED) is 0.0607. The van der Waals surface area contributed by atoms with E-state index in [1.807, 2.05) is 92.9 Å². The fourth-order valence-electron chi connectivity index (χ4n) is 8.92. The predicted molar refractivity (Wildman–Crippen MR) is 257 cm³/mol. The van der Waals surface area contributed by atoms with Crippen LogP contribution in [0.2, 0.25) is 10.0 Å². The number of aromatic nitrogens is 6. The SMILES string of the molecule is CCC(C)n1ncn(-c2ccc(N3CCN(c4ccc(OCC5(Cc6cc(C)c(OC(=O)c7ccccc7)c(C)c6)COC(C[n+]6cn[nH]c6)(c6ccc(Cl)cc6Cl)O5)cc4)CC3)cc2)c1=O. The summed E-state index contributed by atoms with van der Waals surface area (Å²) in [5, 5.41) is 12.2. The Balaban J connectivity index is 0.911. The second-order valence-electron chi connectivity index (χ2n) is 17.4. The number of aromatic amines is 1. The van der Waals surface area contributed by atoms with Crippen LogP contribution in [0.3, 0.4) is 0 Å². The number of anilines is 2. The van der Waals surface area contributed by atoms with E-state index in [1.165, 1.54) is 4.68 Å². The van der Waals surface area contributed by atoms with Crippen molar-refractivity contribution in [3.63, 3.8) is 0 Å². The average molecular weight is 945 g/mol. The standard InChI is InChI=1S/C51H52Cl2N8O6/c1-5-37(4)61-49(63)60(34-56-61)43-14-12-41(13-15-43)58-21-23-59(24-22-58)42-16-18-44(19-17-42)64-30-50(28-38-25-35(2)47(36(3)26-38)66-48(62)39-9-7-6-8-10-39)31-65-51(67-50,29-57-32-54-55-33-57)45-20-11-40(52)27-46(45)53/h6-20,25-27,32-34,37H,5,21-24,28-31H2,1-4H3/p+1. The second kappa shape index (κ2) is 19.4. The zero-order valence-electron chi connectivity index (χ0n) is 37.9. The first-order chi connectivity index (χ1) is 32.4. The summed E-state index contributed by atoms with van der Waals surface area (Å²) in [7, 11) is 0. The van der Waals surface area contributed by atoms with Gasteiger partial charge in [0, 0.05) is 59.7 Å². The van der Waals surface area contributed by atoms with Crippen LogP contribution >= 0.6 is 23.2 Å². The maximum Gasteiger partial charge on any atom is 0.350 e. The number of ether oxygens (including phenoxy) is 4. The third-order valence-corrected chi connectivity index (χ3v) is 13.2. The highest BCUT2D eigenvalue weighted by atomic mass is 35.5. The van der Waals surface area contributed by atoms with Gasteiger partial charge >= 0.3 is 11.7 Å². The number of hydrogen-bond acceptors (Lipinski definition) is 10. The molecule has 3 unspecified atom stereocenters. The van der Waals surface area contributed by atoms with Gasteiger partial charge in [-0.15, -0.1) is 5.10 Å². The molecule has 3 atom stereocenters. The number of rotatable bonds is 15. The lowest BCUT2D eigenvalue weighted by atomic mass is 9.93. The highest BCUT2D eigenvalue weighted by molar-refractivity contribution is 6.35. The van der Waals surface area contributed by atoms with Gasteiger partial charge in [0.2, 0.25) is 12.1 Å². The van der Waals surface area contributed by atoms with E-state index in [0.717, 1.165) is 66.4 Å². The summed E-state index contributed by atoms with van der Waals surface area (Å²) in [6, 6.07) is 34.6. The molecule has 346 valence electrons. The summed E-state index contributed by atoms with van der Waals surface area (Å²) in [6.45, 7) is 11.8. The molecule has 4 heterocycles. The van der Waals surface area contributed by atoms with Crippen LogP contribution in [0.15, 0.2) is 133 Å². The normalized spacial score (nSPS) is 18.8. The molecule has 0 amide bonds. The monoisotopic (exact) mass is 943 g/mol. The van der Waals surface area contributed by atoms with Crippen LogP contribution < -0.4 is 29.5 Å². The van der Waals surface area contributed by atoms with Gasteiger partial charge in [0.05, 0.1) is 28.9 Å². The van der Waals surface area contributed by atoms with Gasteiger partial charge < -0.3 is 28.7 Å². The van der Waals surface area contributed by atoms with Crippen molar-refractivity contribution in [3.05, 3.63) is 177 Å². The minimum Gasteiger partial charge on any atom is -0.490 e. The van der Waals surface area contributed by atoms with Crippen molar-refractivity contribution in [3.8, 4) is 17.2 Å². The molecule has 7 aromatic rings. The van der Waals surface area contributed by atoms with Crippen LogP contribution in [-0.2, 0) is 28.2 Å². The number of aryl methyl sites for hydroxylation is 2. The Hall–Kier alpha value is -6.45. The number of halogens is 2. The van der Waals surface area contributed by atoms with Crippen LogP contribution in [0.5, 0.6) is 11.5 Å². The highest BCUT2D eigenvalue weighted by Crippen LogP contribution is 2.45. The van der Waals surface area contributed by atoms with Crippen LogP contribution in [0.1, 0.15) is 58.9 Å². The Bertz CT molecular complexity index is 2860. The van der Waals surface area contributed by atoms with Gasteiger partial charge in [-0.3, -0.25) is 0 Å². The number of nitrogens with zero attached hydrogens (tertiary/aromatic N) is 7. The molecule has 2 aliphatic rings. The minimum absolute atomic E-state index is 0.0413. The second-order valence-corrected chi connectivity index (χ2v) is 18.2. The van der Waals surface area contributed by atoms with Gasteiger partial charge in [-0.05, 0) is 117 Å². The lowest BCUT2D eigenvalue weighted by Gasteiger charge is -2.37. The number of carbonyl (C=O) groups is 1. The fraction of sp³-hybridized carbons (Fsp3) is 0.314. The molecule has 0 saturated carbocycles. The molecular weight excluding hydrogens is 892 g/mol. The molecular formula is C51H53Cl2N8O6+. The fourth-order valence-corrected chi connectivity index (χ4v) is 9.47.